The van der Waals surface area contributed by atoms with Crippen LogP contribution >= 0.6 is 0 Å². The molecule has 0 aromatic carbocycles. The lowest BCUT2D eigenvalue weighted by atomic mass is 9.88. The number of anilines is 1. The first-order valence-corrected chi connectivity index (χ1v) is 9.19. The molecule has 0 aliphatic carbocycles. The molecule has 3 rings (SSSR count). The van der Waals surface area contributed by atoms with E-state index in [9.17, 15) is 8.42 Å². The fourth-order valence-corrected chi connectivity index (χ4v) is 4.49. The molecule has 0 bridgehead atoms. The molecule has 2 atom stereocenters. The Balaban J connectivity index is 1.63. The van der Waals surface area contributed by atoms with Gasteiger partial charge in [0.25, 0.3) is 0 Å². The summed E-state index contributed by atoms with van der Waals surface area (Å²) < 4.78 is 23.7. The Hall–Kier alpha value is -1.25. The zero-order valence-electron chi connectivity index (χ0n) is 12.1. The molecule has 3 heterocycles. The van der Waals surface area contributed by atoms with Gasteiger partial charge in [-0.05, 0) is 18.8 Å². The van der Waals surface area contributed by atoms with Crippen molar-refractivity contribution in [3.63, 3.8) is 0 Å². The monoisotopic (exact) mass is 311 g/mol. The van der Waals surface area contributed by atoms with Crippen LogP contribution in [0.25, 0.3) is 0 Å². The Kier molecular flexibility index (Phi) is 4.10. The predicted octanol–water partition coefficient (Wildman–Crippen LogP) is -0.417. The maximum absolute atomic E-state index is 11.9. The van der Waals surface area contributed by atoms with Crippen molar-refractivity contribution in [2.24, 2.45) is 5.92 Å². The molecule has 7 nitrogen and oxygen atoms in total. The van der Waals surface area contributed by atoms with Gasteiger partial charge in [-0.25, -0.2) is 13.4 Å². The zero-order valence-corrected chi connectivity index (χ0v) is 12.9. The van der Waals surface area contributed by atoms with Crippen LogP contribution in [0.4, 0.5) is 5.82 Å². The number of aromatic nitrogens is 2. The van der Waals surface area contributed by atoms with Gasteiger partial charge in [-0.3, -0.25) is 15.8 Å². The highest BCUT2D eigenvalue weighted by atomic mass is 32.2. The van der Waals surface area contributed by atoms with Gasteiger partial charge < -0.3 is 4.90 Å². The summed E-state index contributed by atoms with van der Waals surface area (Å²) in [5.41, 5.74) is 6.17. The Labute approximate surface area is 125 Å². The summed E-state index contributed by atoms with van der Waals surface area (Å²) in [5.74, 6) is 1.26. The van der Waals surface area contributed by atoms with Crippen LogP contribution in [0, 0.1) is 5.92 Å². The number of nitrogens with zero attached hydrogens (tertiary/aromatic N) is 3. The van der Waals surface area contributed by atoms with Crippen molar-refractivity contribution >= 4 is 15.7 Å². The Morgan fingerprint density at radius 3 is 2.67 bits per heavy atom. The van der Waals surface area contributed by atoms with E-state index in [0.717, 1.165) is 31.7 Å². The van der Waals surface area contributed by atoms with Crippen molar-refractivity contribution in [2.75, 3.05) is 30.8 Å². The number of hydrogen-bond acceptors (Lipinski definition) is 7. The average Bonchev–Trinajstić information content (AvgIpc) is 2.98. The van der Waals surface area contributed by atoms with Crippen molar-refractivity contribution in [1.82, 2.24) is 20.8 Å². The predicted molar refractivity (Wildman–Crippen MR) is 80.5 cm³/mol. The molecule has 116 valence electrons. The van der Waals surface area contributed by atoms with Crippen LogP contribution in [-0.2, 0) is 9.84 Å². The largest absolute Gasteiger partial charge is 0.355 e. The molecule has 0 saturated carbocycles. The lowest BCUT2D eigenvalue weighted by Crippen LogP contribution is -2.47. The van der Waals surface area contributed by atoms with Gasteiger partial charge in [-0.15, -0.1) is 0 Å². The first kappa shape index (κ1) is 14.7. The molecule has 1 aromatic heterocycles. The van der Waals surface area contributed by atoms with E-state index >= 15 is 0 Å². The first-order chi connectivity index (χ1) is 10.1. The molecule has 21 heavy (non-hydrogen) atoms. The minimum absolute atomic E-state index is 0.00371. The molecule has 0 radical (unpaired) electrons. The lowest BCUT2D eigenvalue weighted by Gasteiger charge is -2.36. The normalized spacial score (nSPS) is 28.0. The van der Waals surface area contributed by atoms with Crippen LogP contribution in [-0.4, -0.2) is 55.6 Å². The second-order valence-corrected chi connectivity index (χ2v) is 8.07. The van der Waals surface area contributed by atoms with E-state index in [1.54, 1.807) is 18.6 Å². The van der Waals surface area contributed by atoms with Crippen molar-refractivity contribution in [3.8, 4) is 0 Å². The second-order valence-electron chi connectivity index (χ2n) is 5.81. The number of hydrogen-bond donors (Lipinski definition) is 2. The van der Waals surface area contributed by atoms with Crippen molar-refractivity contribution in [3.05, 3.63) is 18.6 Å². The topological polar surface area (TPSA) is 87.2 Å². The Morgan fingerprint density at radius 2 is 2.05 bits per heavy atom. The van der Waals surface area contributed by atoms with E-state index in [4.69, 9.17) is 0 Å². The number of piperidine rings is 1. The highest BCUT2D eigenvalue weighted by Gasteiger charge is 2.40. The number of hydrazine groups is 1. The number of nitrogens with one attached hydrogen (secondary N) is 2. The molecule has 8 heteroatoms. The summed E-state index contributed by atoms with van der Waals surface area (Å²) in [6, 6.07) is 0.00371. The fourth-order valence-electron chi connectivity index (χ4n) is 3.28. The summed E-state index contributed by atoms with van der Waals surface area (Å²) in [4.78, 5) is 10.6. The van der Waals surface area contributed by atoms with E-state index in [1.807, 2.05) is 0 Å². The van der Waals surface area contributed by atoms with Gasteiger partial charge in [-0.2, -0.15) is 0 Å². The van der Waals surface area contributed by atoms with Gasteiger partial charge in [0.2, 0.25) is 0 Å². The SMILES string of the molecule is CS(=O)(=O)C1CNNC1C1CCN(c2cnccn2)CC1. The van der Waals surface area contributed by atoms with Crippen molar-refractivity contribution < 1.29 is 8.42 Å². The molecule has 2 unspecified atom stereocenters. The highest BCUT2D eigenvalue weighted by molar-refractivity contribution is 7.91. The molecule has 2 aliphatic rings. The molecule has 1 aromatic rings. The van der Waals surface area contributed by atoms with Gasteiger partial charge in [0.1, 0.15) is 5.82 Å². The van der Waals surface area contributed by atoms with Crippen molar-refractivity contribution in [2.45, 2.75) is 24.1 Å². The summed E-state index contributed by atoms with van der Waals surface area (Å²) in [6.45, 7) is 2.27. The minimum atomic E-state index is -3.03. The summed E-state index contributed by atoms with van der Waals surface area (Å²) in [5, 5.41) is -0.328. The third kappa shape index (κ3) is 3.17. The molecule has 0 spiro atoms. The van der Waals surface area contributed by atoms with Crippen LogP contribution in [0.3, 0.4) is 0 Å². The van der Waals surface area contributed by atoms with Gasteiger partial charge in [0.15, 0.2) is 9.84 Å². The van der Waals surface area contributed by atoms with E-state index in [-0.39, 0.29) is 11.3 Å². The Bertz CT molecular complexity index is 571. The van der Waals surface area contributed by atoms with E-state index < -0.39 is 9.84 Å². The minimum Gasteiger partial charge on any atom is -0.355 e. The molecule has 2 aliphatic heterocycles. The van der Waals surface area contributed by atoms with E-state index in [2.05, 4.69) is 25.7 Å². The second kappa shape index (κ2) is 5.86. The third-order valence-electron chi connectivity index (χ3n) is 4.44. The van der Waals surface area contributed by atoms with E-state index in [1.165, 1.54) is 6.26 Å². The first-order valence-electron chi connectivity index (χ1n) is 7.24. The Morgan fingerprint density at radius 1 is 1.29 bits per heavy atom. The summed E-state index contributed by atoms with van der Waals surface area (Å²) in [6.07, 6.45) is 8.39. The standard InChI is InChI=1S/C13H21N5O2S/c1-21(19,20)11-8-16-17-13(11)10-2-6-18(7-3-10)12-9-14-4-5-15-12/h4-5,9-11,13,16-17H,2-3,6-8H2,1H3. The molecule has 2 saturated heterocycles. The van der Waals surface area contributed by atoms with Gasteiger partial charge in [0.05, 0.1) is 11.4 Å². The molecule has 2 N–H and O–H groups in total. The molecule has 0 amide bonds. The number of rotatable bonds is 3. The molecule has 2 fully saturated rings. The summed E-state index contributed by atoms with van der Waals surface area (Å²) >= 11 is 0. The van der Waals surface area contributed by atoms with Crippen LogP contribution < -0.4 is 15.8 Å². The van der Waals surface area contributed by atoms with Crippen LogP contribution in [0.5, 0.6) is 0 Å². The number of sulfone groups is 1. The van der Waals surface area contributed by atoms with Gasteiger partial charge >= 0.3 is 0 Å². The van der Waals surface area contributed by atoms with Gasteiger partial charge in [-0.1, -0.05) is 0 Å². The molecular formula is C13H21N5O2S. The van der Waals surface area contributed by atoms with Crippen LogP contribution in [0.15, 0.2) is 18.6 Å². The smallest absolute Gasteiger partial charge is 0.153 e. The maximum atomic E-state index is 11.9. The average molecular weight is 311 g/mol. The highest BCUT2D eigenvalue weighted by Crippen LogP contribution is 2.27. The molecular weight excluding hydrogens is 290 g/mol. The zero-order chi connectivity index (χ0) is 14.9. The summed E-state index contributed by atoms with van der Waals surface area (Å²) in [7, 11) is -3.03. The van der Waals surface area contributed by atoms with Crippen molar-refractivity contribution in [1.29, 1.82) is 0 Å². The third-order valence-corrected chi connectivity index (χ3v) is 6.00. The quantitative estimate of drug-likeness (QED) is 0.784. The van der Waals surface area contributed by atoms with E-state index in [0.29, 0.717) is 12.5 Å². The fraction of sp³-hybridized carbons (Fsp3) is 0.692. The van der Waals surface area contributed by atoms with Crippen LogP contribution in [0.2, 0.25) is 0 Å². The van der Waals surface area contributed by atoms with Crippen LogP contribution in [0.1, 0.15) is 12.8 Å². The maximum Gasteiger partial charge on any atom is 0.153 e. The van der Waals surface area contributed by atoms with Gasteiger partial charge in [0, 0.05) is 44.3 Å². The lowest BCUT2D eigenvalue weighted by molar-refractivity contribution is 0.310.